The zero-order chi connectivity index (χ0) is 21.5. The van der Waals surface area contributed by atoms with E-state index in [1.54, 1.807) is 0 Å². The number of aryl methyl sites for hydroxylation is 1. The minimum Gasteiger partial charge on any atom is -0.368 e. The first-order valence-corrected chi connectivity index (χ1v) is 11.2. The molecular formula is C25H33ClN2O2. The second kappa shape index (κ2) is 10.9. The van der Waals surface area contributed by atoms with E-state index in [1.165, 1.54) is 11.1 Å². The van der Waals surface area contributed by atoms with Gasteiger partial charge in [0.15, 0.2) is 0 Å². The van der Waals surface area contributed by atoms with Gasteiger partial charge in [-0.3, -0.25) is 9.69 Å². The van der Waals surface area contributed by atoms with Gasteiger partial charge in [-0.25, -0.2) is 0 Å². The van der Waals surface area contributed by atoms with Crippen LogP contribution in [0.4, 0.5) is 0 Å². The van der Waals surface area contributed by atoms with Crippen molar-refractivity contribution >= 4 is 17.5 Å². The van der Waals surface area contributed by atoms with Gasteiger partial charge >= 0.3 is 0 Å². The lowest BCUT2D eigenvalue weighted by Crippen LogP contribution is -2.49. The third kappa shape index (κ3) is 6.83. The lowest BCUT2D eigenvalue weighted by atomic mass is 10.1. The topological polar surface area (TPSA) is 32.8 Å². The normalized spacial score (nSPS) is 16.1. The van der Waals surface area contributed by atoms with E-state index in [2.05, 4.69) is 49.9 Å². The van der Waals surface area contributed by atoms with Crippen molar-refractivity contribution in [3.63, 3.8) is 0 Å². The van der Waals surface area contributed by atoms with E-state index in [0.717, 1.165) is 43.3 Å². The molecule has 162 valence electrons. The molecule has 5 heteroatoms. The molecule has 2 aromatic carbocycles. The van der Waals surface area contributed by atoms with Crippen LogP contribution >= 0.6 is 11.6 Å². The van der Waals surface area contributed by atoms with Crippen LogP contribution in [0.5, 0.6) is 0 Å². The molecule has 0 aromatic heterocycles. The fourth-order valence-corrected chi connectivity index (χ4v) is 3.95. The SMILES string of the molecule is Cc1cccc(CO[C@@H](CN2CCN(C(=O)CC(C)C)CC2)c2ccc(Cl)cc2)c1. The number of carbonyl (C=O) groups is 1. The van der Waals surface area contributed by atoms with Crippen molar-refractivity contribution in [1.29, 1.82) is 0 Å². The van der Waals surface area contributed by atoms with Crippen molar-refractivity contribution in [1.82, 2.24) is 9.80 Å². The molecule has 0 N–H and O–H groups in total. The molecule has 4 nitrogen and oxygen atoms in total. The first kappa shape index (κ1) is 22.8. The molecule has 1 atom stereocenters. The minimum atomic E-state index is -0.0410. The Morgan fingerprint density at radius 2 is 1.77 bits per heavy atom. The highest BCUT2D eigenvalue weighted by Crippen LogP contribution is 2.23. The van der Waals surface area contributed by atoms with Crippen LogP contribution in [-0.2, 0) is 16.1 Å². The van der Waals surface area contributed by atoms with Crippen LogP contribution in [0.2, 0.25) is 5.02 Å². The predicted octanol–water partition coefficient (Wildman–Crippen LogP) is 5.10. The maximum atomic E-state index is 12.3. The summed E-state index contributed by atoms with van der Waals surface area (Å²) in [5, 5.41) is 0.730. The van der Waals surface area contributed by atoms with E-state index in [0.29, 0.717) is 18.9 Å². The van der Waals surface area contributed by atoms with E-state index >= 15 is 0 Å². The second-order valence-electron chi connectivity index (χ2n) is 8.62. The molecule has 1 fully saturated rings. The van der Waals surface area contributed by atoms with Crippen molar-refractivity contribution in [3.05, 3.63) is 70.2 Å². The molecule has 1 aliphatic rings. The van der Waals surface area contributed by atoms with Gasteiger partial charge in [-0.1, -0.05) is 67.4 Å². The molecule has 1 saturated heterocycles. The summed E-state index contributed by atoms with van der Waals surface area (Å²) in [6.07, 6.45) is 0.591. The lowest BCUT2D eigenvalue weighted by molar-refractivity contribution is -0.134. The summed E-state index contributed by atoms with van der Waals surface area (Å²) >= 11 is 6.09. The average Bonchev–Trinajstić information content (AvgIpc) is 2.72. The van der Waals surface area contributed by atoms with Crippen LogP contribution in [0, 0.1) is 12.8 Å². The summed E-state index contributed by atoms with van der Waals surface area (Å²) in [6.45, 7) is 11.0. The summed E-state index contributed by atoms with van der Waals surface area (Å²) in [5.41, 5.74) is 3.55. The Morgan fingerprint density at radius 1 is 1.07 bits per heavy atom. The summed E-state index contributed by atoms with van der Waals surface area (Å²) < 4.78 is 6.37. The van der Waals surface area contributed by atoms with Crippen LogP contribution in [0.3, 0.4) is 0 Å². The van der Waals surface area contributed by atoms with Crippen molar-refractivity contribution in [2.24, 2.45) is 5.92 Å². The molecule has 0 spiro atoms. The Hall–Kier alpha value is -1.88. The Morgan fingerprint density at radius 3 is 2.40 bits per heavy atom. The predicted molar refractivity (Wildman–Crippen MR) is 123 cm³/mol. The zero-order valence-electron chi connectivity index (χ0n) is 18.3. The van der Waals surface area contributed by atoms with Crippen molar-refractivity contribution in [2.45, 2.75) is 39.9 Å². The molecule has 0 aliphatic carbocycles. The lowest BCUT2D eigenvalue weighted by Gasteiger charge is -2.36. The monoisotopic (exact) mass is 428 g/mol. The maximum absolute atomic E-state index is 12.3. The van der Waals surface area contributed by atoms with Crippen LogP contribution in [0.15, 0.2) is 48.5 Å². The molecule has 1 aliphatic heterocycles. The van der Waals surface area contributed by atoms with Crippen molar-refractivity contribution in [3.8, 4) is 0 Å². The van der Waals surface area contributed by atoms with Gasteiger partial charge in [0.05, 0.1) is 12.7 Å². The van der Waals surface area contributed by atoms with E-state index in [4.69, 9.17) is 16.3 Å². The van der Waals surface area contributed by atoms with Crippen molar-refractivity contribution < 1.29 is 9.53 Å². The van der Waals surface area contributed by atoms with E-state index in [9.17, 15) is 4.79 Å². The van der Waals surface area contributed by atoms with E-state index in [1.807, 2.05) is 29.2 Å². The second-order valence-corrected chi connectivity index (χ2v) is 9.06. The number of amides is 1. The highest BCUT2D eigenvalue weighted by atomic mass is 35.5. The number of hydrogen-bond acceptors (Lipinski definition) is 3. The molecule has 3 rings (SSSR count). The third-order valence-electron chi connectivity index (χ3n) is 5.51. The van der Waals surface area contributed by atoms with Gasteiger partial charge in [0.2, 0.25) is 5.91 Å². The molecule has 30 heavy (non-hydrogen) atoms. The number of ether oxygens (including phenoxy) is 1. The Kier molecular flexibility index (Phi) is 8.32. The molecule has 0 saturated carbocycles. The molecule has 1 amide bonds. The molecule has 0 radical (unpaired) electrons. The number of hydrogen-bond donors (Lipinski definition) is 0. The summed E-state index contributed by atoms with van der Waals surface area (Å²) in [7, 11) is 0. The summed E-state index contributed by atoms with van der Waals surface area (Å²) in [5.74, 6) is 0.675. The average molecular weight is 429 g/mol. The van der Waals surface area contributed by atoms with Crippen molar-refractivity contribution in [2.75, 3.05) is 32.7 Å². The van der Waals surface area contributed by atoms with Gasteiger partial charge in [-0.15, -0.1) is 0 Å². The van der Waals surface area contributed by atoms with Crippen LogP contribution in [0.1, 0.15) is 43.1 Å². The van der Waals surface area contributed by atoms with Gasteiger partial charge in [-0.2, -0.15) is 0 Å². The highest BCUT2D eigenvalue weighted by molar-refractivity contribution is 6.30. The molecular weight excluding hydrogens is 396 g/mol. The number of nitrogens with zero attached hydrogens (tertiary/aromatic N) is 2. The summed E-state index contributed by atoms with van der Waals surface area (Å²) in [6, 6.07) is 16.4. The largest absolute Gasteiger partial charge is 0.368 e. The van der Waals surface area contributed by atoms with Gasteiger partial charge < -0.3 is 9.64 Å². The van der Waals surface area contributed by atoms with Gasteiger partial charge in [0.1, 0.15) is 0 Å². The highest BCUT2D eigenvalue weighted by Gasteiger charge is 2.24. The fraction of sp³-hybridized carbons (Fsp3) is 0.480. The fourth-order valence-electron chi connectivity index (χ4n) is 3.82. The molecule has 1 heterocycles. The van der Waals surface area contributed by atoms with Crippen LogP contribution < -0.4 is 0 Å². The quantitative estimate of drug-likeness (QED) is 0.586. The minimum absolute atomic E-state index is 0.0410. The molecule has 0 bridgehead atoms. The first-order valence-electron chi connectivity index (χ1n) is 10.8. The summed E-state index contributed by atoms with van der Waals surface area (Å²) in [4.78, 5) is 16.7. The number of benzene rings is 2. The number of rotatable bonds is 8. The van der Waals surface area contributed by atoms with E-state index < -0.39 is 0 Å². The Labute approximate surface area is 185 Å². The number of halogens is 1. The van der Waals surface area contributed by atoms with Gasteiger partial charge in [-0.05, 0) is 36.1 Å². The van der Waals surface area contributed by atoms with E-state index in [-0.39, 0.29) is 12.0 Å². The molecule has 2 aromatic rings. The van der Waals surface area contributed by atoms with Gasteiger partial charge in [0.25, 0.3) is 0 Å². The van der Waals surface area contributed by atoms with Crippen LogP contribution in [0.25, 0.3) is 0 Å². The first-order chi connectivity index (χ1) is 14.4. The van der Waals surface area contributed by atoms with Crippen LogP contribution in [-0.4, -0.2) is 48.4 Å². The number of carbonyl (C=O) groups excluding carboxylic acids is 1. The standard InChI is InChI=1S/C25H33ClN2O2/c1-19(2)15-25(29)28-13-11-27(12-14-28)17-24(22-7-9-23(26)10-8-22)30-18-21-6-4-5-20(3)16-21/h4-10,16,19,24H,11-15,17-18H2,1-3H3/t24-/m0/s1. The Balaban J connectivity index is 1.61. The maximum Gasteiger partial charge on any atom is 0.222 e. The Bertz CT molecular complexity index is 814. The zero-order valence-corrected chi connectivity index (χ0v) is 19.1. The molecule has 0 unspecified atom stereocenters. The number of piperazine rings is 1. The van der Waals surface area contributed by atoms with Gasteiger partial charge in [0, 0.05) is 44.2 Å². The smallest absolute Gasteiger partial charge is 0.222 e. The third-order valence-corrected chi connectivity index (χ3v) is 5.76.